The van der Waals surface area contributed by atoms with E-state index in [-0.39, 0.29) is 23.6 Å². The largest absolute Gasteiger partial charge is 0.444 e. The van der Waals surface area contributed by atoms with Crippen molar-refractivity contribution in [2.24, 2.45) is 0 Å². The summed E-state index contributed by atoms with van der Waals surface area (Å²) in [4.78, 5) is 26.5. The van der Waals surface area contributed by atoms with E-state index >= 15 is 0 Å². The molecule has 3 rings (SSSR count). The van der Waals surface area contributed by atoms with Gasteiger partial charge in [-0.2, -0.15) is 8.42 Å². The standard InChI is InChI=1S/C16H23NO5S.C9H17NO3/c1-12-5-7-14(8-6-12)23(19,20)22-13-9-10-17(11-13)15(18)21-16(2,3)4;1-9(2,3)13-8(12)10-5-4-7(11)6-10/h5-8,13H,9-11H2,1-4H3;7,11H,4-6H2,1-3H3/t13-;7-/m10/s1. The zero-order valence-electron chi connectivity index (χ0n) is 22.3. The van der Waals surface area contributed by atoms with Gasteiger partial charge in [0.25, 0.3) is 10.1 Å². The first-order valence-corrected chi connectivity index (χ1v) is 13.5. The molecule has 1 N–H and O–H groups in total. The van der Waals surface area contributed by atoms with E-state index in [4.69, 9.17) is 13.7 Å². The second-order valence-electron chi connectivity index (χ2n) is 11.1. The molecule has 0 aliphatic carbocycles. The van der Waals surface area contributed by atoms with Gasteiger partial charge >= 0.3 is 12.2 Å². The van der Waals surface area contributed by atoms with Crippen molar-refractivity contribution in [2.45, 2.75) is 89.6 Å². The Kier molecular flexibility index (Phi) is 9.77. The van der Waals surface area contributed by atoms with Crippen LogP contribution in [0.4, 0.5) is 9.59 Å². The SMILES string of the molecule is CC(C)(C)OC(=O)N1CC[C@H](O)C1.Cc1ccc(S(=O)(=O)O[C@@H]2CCN(C(=O)OC(C)(C)C)C2)cc1. The number of carbonyl (C=O) groups excluding carboxylic acids is 2. The third-order valence-electron chi connectivity index (χ3n) is 5.18. The fourth-order valence-electron chi connectivity index (χ4n) is 3.47. The summed E-state index contributed by atoms with van der Waals surface area (Å²) in [7, 11) is -3.82. The molecule has 1 aromatic rings. The van der Waals surface area contributed by atoms with Gasteiger partial charge in [0.2, 0.25) is 0 Å². The van der Waals surface area contributed by atoms with Gasteiger partial charge in [0, 0.05) is 19.6 Å². The number of β-amino-alcohol motifs (C(OH)–C–C–N with tert-alkyl or cyclic N) is 1. The molecule has 2 heterocycles. The van der Waals surface area contributed by atoms with Gasteiger partial charge in [-0.25, -0.2) is 9.59 Å². The molecule has 0 aromatic heterocycles. The summed E-state index contributed by atoms with van der Waals surface area (Å²) in [5, 5.41) is 9.20. The number of aliphatic hydroxyl groups excluding tert-OH is 1. The number of amides is 2. The Bertz CT molecular complexity index is 996. The van der Waals surface area contributed by atoms with Crippen LogP contribution in [-0.2, 0) is 23.8 Å². The molecule has 0 unspecified atom stereocenters. The predicted molar refractivity (Wildman–Crippen MR) is 134 cm³/mol. The Hall–Kier alpha value is -2.37. The minimum absolute atomic E-state index is 0.124. The molecule has 0 spiro atoms. The number of ether oxygens (including phenoxy) is 2. The van der Waals surface area contributed by atoms with Crippen LogP contribution >= 0.6 is 0 Å². The Morgan fingerprint density at radius 2 is 1.33 bits per heavy atom. The van der Waals surface area contributed by atoms with Crippen molar-refractivity contribution in [2.75, 3.05) is 26.2 Å². The van der Waals surface area contributed by atoms with Crippen LogP contribution in [0.2, 0.25) is 0 Å². The van der Waals surface area contributed by atoms with Crippen LogP contribution in [0, 0.1) is 6.92 Å². The van der Waals surface area contributed by atoms with Gasteiger partial charge < -0.3 is 24.4 Å². The Morgan fingerprint density at radius 3 is 1.78 bits per heavy atom. The van der Waals surface area contributed by atoms with E-state index in [1.54, 1.807) is 32.9 Å². The molecule has 1 aromatic carbocycles. The van der Waals surface area contributed by atoms with E-state index in [9.17, 15) is 23.1 Å². The van der Waals surface area contributed by atoms with Crippen LogP contribution in [0.25, 0.3) is 0 Å². The highest BCUT2D eigenvalue weighted by molar-refractivity contribution is 7.86. The normalized spacial score (nSPS) is 20.6. The maximum atomic E-state index is 12.2. The summed E-state index contributed by atoms with van der Waals surface area (Å²) in [6.07, 6.45) is -0.592. The summed E-state index contributed by atoms with van der Waals surface area (Å²) in [5.74, 6) is 0. The lowest BCUT2D eigenvalue weighted by Gasteiger charge is -2.24. The number of carbonyl (C=O) groups is 2. The summed E-state index contributed by atoms with van der Waals surface area (Å²) >= 11 is 0. The maximum Gasteiger partial charge on any atom is 0.410 e. The summed E-state index contributed by atoms with van der Waals surface area (Å²) in [6.45, 7) is 14.4. The number of aryl methyl sites for hydroxylation is 1. The van der Waals surface area contributed by atoms with Crippen LogP contribution in [0.5, 0.6) is 0 Å². The molecule has 11 heteroatoms. The molecule has 2 atom stereocenters. The Balaban J connectivity index is 0.000000297. The first kappa shape index (κ1) is 29.9. The third kappa shape index (κ3) is 9.94. The molecule has 0 bridgehead atoms. The lowest BCUT2D eigenvalue weighted by molar-refractivity contribution is 0.0263. The monoisotopic (exact) mass is 528 g/mol. The number of hydrogen-bond donors (Lipinski definition) is 1. The first-order valence-electron chi connectivity index (χ1n) is 12.1. The van der Waals surface area contributed by atoms with Gasteiger partial charge in [-0.3, -0.25) is 4.18 Å². The second-order valence-corrected chi connectivity index (χ2v) is 12.6. The van der Waals surface area contributed by atoms with E-state index in [0.29, 0.717) is 32.5 Å². The van der Waals surface area contributed by atoms with Crippen LogP contribution < -0.4 is 0 Å². The average molecular weight is 529 g/mol. The molecule has 2 aliphatic rings. The van der Waals surface area contributed by atoms with Gasteiger partial charge in [-0.1, -0.05) is 17.7 Å². The molecular weight excluding hydrogens is 488 g/mol. The topological polar surface area (TPSA) is 123 Å². The molecule has 204 valence electrons. The van der Waals surface area contributed by atoms with Crippen molar-refractivity contribution >= 4 is 22.3 Å². The highest BCUT2D eigenvalue weighted by atomic mass is 32.2. The van der Waals surface area contributed by atoms with Gasteiger partial charge in [0.15, 0.2) is 0 Å². The predicted octanol–water partition coefficient (Wildman–Crippen LogP) is 3.70. The summed E-state index contributed by atoms with van der Waals surface area (Å²) in [5.41, 5.74) is -0.0600. The number of rotatable bonds is 3. The molecule has 2 fully saturated rings. The molecule has 0 radical (unpaired) electrons. The van der Waals surface area contributed by atoms with Gasteiger partial charge in [-0.15, -0.1) is 0 Å². The molecule has 10 nitrogen and oxygen atoms in total. The minimum Gasteiger partial charge on any atom is -0.444 e. The highest BCUT2D eigenvalue weighted by Crippen LogP contribution is 2.22. The van der Waals surface area contributed by atoms with Gasteiger partial charge in [-0.05, 0) is 73.4 Å². The molecule has 0 saturated carbocycles. The minimum atomic E-state index is -3.82. The number of likely N-dealkylation sites (tertiary alicyclic amines) is 2. The van der Waals surface area contributed by atoms with E-state index in [1.807, 2.05) is 27.7 Å². The number of hydrogen-bond acceptors (Lipinski definition) is 8. The van der Waals surface area contributed by atoms with Gasteiger partial charge in [0.05, 0.1) is 23.6 Å². The summed E-state index contributed by atoms with van der Waals surface area (Å²) < 4.78 is 40.2. The van der Waals surface area contributed by atoms with E-state index in [0.717, 1.165) is 5.56 Å². The lowest BCUT2D eigenvalue weighted by atomic mass is 10.2. The van der Waals surface area contributed by atoms with Crippen molar-refractivity contribution < 1.29 is 36.8 Å². The molecule has 36 heavy (non-hydrogen) atoms. The number of nitrogens with zero attached hydrogens (tertiary/aromatic N) is 2. The Morgan fingerprint density at radius 1 is 0.861 bits per heavy atom. The zero-order valence-corrected chi connectivity index (χ0v) is 23.1. The first-order chi connectivity index (χ1) is 16.4. The molecule has 2 aliphatic heterocycles. The Labute approximate surface area is 214 Å². The highest BCUT2D eigenvalue weighted by Gasteiger charge is 2.33. The van der Waals surface area contributed by atoms with Crippen molar-refractivity contribution in [1.82, 2.24) is 9.80 Å². The van der Waals surface area contributed by atoms with E-state index in [2.05, 4.69) is 0 Å². The molecule has 2 amide bonds. The van der Waals surface area contributed by atoms with Crippen LogP contribution in [0.3, 0.4) is 0 Å². The number of benzene rings is 1. The zero-order chi connectivity index (χ0) is 27.3. The van der Waals surface area contributed by atoms with Gasteiger partial charge in [0.1, 0.15) is 11.2 Å². The third-order valence-corrected chi connectivity index (χ3v) is 6.56. The summed E-state index contributed by atoms with van der Waals surface area (Å²) in [6, 6.07) is 6.48. The lowest BCUT2D eigenvalue weighted by Crippen LogP contribution is -2.36. The van der Waals surface area contributed by atoms with E-state index < -0.39 is 33.5 Å². The maximum absolute atomic E-state index is 12.2. The smallest absolute Gasteiger partial charge is 0.410 e. The molecule has 2 saturated heterocycles. The van der Waals surface area contributed by atoms with Crippen molar-refractivity contribution in [3.8, 4) is 0 Å². The van der Waals surface area contributed by atoms with Crippen LogP contribution in [0.1, 0.15) is 59.9 Å². The second kappa shape index (κ2) is 11.8. The number of aliphatic hydroxyl groups is 1. The van der Waals surface area contributed by atoms with Crippen molar-refractivity contribution in [1.29, 1.82) is 0 Å². The fourth-order valence-corrected chi connectivity index (χ4v) is 4.57. The van der Waals surface area contributed by atoms with Crippen molar-refractivity contribution in [3.05, 3.63) is 29.8 Å². The van der Waals surface area contributed by atoms with E-state index in [1.165, 1.54) is 21.9 Å². The average Bonchev–Trinajstić information content (AvgIpc) is 3.35. The van der Waals surface area contributed by atoms with Crippen LogP contribution in [0.15, 0.2) is 29.2 Å². The fraction of sp³-hybridized carbons (Fsp3) is 0.680. The molecular formula is C25H40N2O8S. The quantitative estimate of drug-likeness (QED) is 0.589. The van der Waals surface area contributed by atoms with Crippen LogP contribution in [-0.4, -0.2) is 85.1 Å². The van der Waals surface area contributed by atoms with Crippen molar-refractivity contribution in [3.63, 3.8) is 0 Å².